The number of para-hydroxylation sites is 4. The number of nitrogens with zero attached hydrogens (tertiary/aromatic N) is 2. The summed E-state index contributed by atoms with van der Waals surface area (Å²) >= 11 is 0. The average Bonchev–Trinajstić information content (AvgIpc) is 3.83. The molecule has 2 heterocycles. The fraction of sp³-hybridized carbons (Fsp3) is 0.0182. The van der Waals surface area contributed by atoms with Crippen LogP contribution in [0.3, 0.4) is 0 Å². The average molecular weight is 743 g/mol. The molecule has 274 valence electrons. The van der Waals surface area contributed by atoms with Crippen LogP contribution in [-0.4, -0.2) is 4.57 Å². The van der Waals surface area contributed by atoms with Crippen molar-refractivity contribution >= 4 is 60.8 Å². The third-order valence-corrected chi connectivity index (χ3v) is 11.4. The number of aryl methyl sites for hydroxylation is 1. The Bertz CT molecular complexity index is 3250. The molecule has 11 rings (SSSR count). The van der Waals surface area contributed by atoms with Gasteiger partial charge >= 0.3 is 0 Å². The van der Waals surface area contributed by atoms with Gasteiger partial charge in [0.2, 0.25) is 0 Å². The Morgan fingerprint density at radius 3 is 1.69 bits per heavy atom. The van der Waals surface area contributed by atoms with Gasteiger partial charge in [0.25, 0.3) is 0 Å². The van der Waals surface area contributed by atoms with E-state index in [-0.39, 0.29) is 0 Å². The van der Waals surface area contributed by atoms with Gasteiger partial charge in [-0.2, -0.15) is 0 Å². The number of fused-ring (bicyclic) bond motifs is 6. The van der Waals surface area contributed by atoms with E-state index >= 15 is 0 Å². The first kappa shape index (κ1) is 33.7. The minimum Gasteiger partial charge on any atom is -0.455 e. The Kier molecular flexibility index (Phi) is 8.04. The van der Waals surface area contributed by atoms with E-state index in [2.05, 4.69) is 229 Å². The van der Waals surface area contributed by atoms with E-state index in [1.807, 2.05) is 0 Å². The van der Waals surface area contributed by atoms with Gasteiger partial charge in [0.05, 0.1) is 16.7 Å². The van der Waals surface area contributed by atoms with E-state index in [0.717, 1.165) is 55.8 Å². The Hall–Kier alpha value is -7.62. The number of aromatic nitrogens is 1. The van der Waals surface area contributed by atoms with Gasteiger partial charge < -0.3 is 13.9 Å². The molecule has 11 aromatic rings. The highest BCUT2D eigenvalue weighted by Gasteiger charge is 2.23. The van der Waals surface area contributed by atoms with Gasteiger partial charge in [0, 0.05) is 49.7 Å². The van der Waals surface area contributed by atoms with Crippen LogP contribution in [0.2, 0.25) is 0 Å². The third kappa shape index (κ3) is 5.59. The maximum Gasteiger partial charge on any atom is 0.143 e. The first-order valence-corrected chi connectivity index (χ1v) is 19.8. The maximum atomic E-state index is 6.86. The van der Waals surface area contributed by atoms with Crippen LogP contribution in [0.5, 0.6) is 0 Å². The standard InChI is InChI=1S/C55H38N2O/c1-37-17-16-22-40(33-37)56(41-31-32-43(38-18-4-2-5-19-38)48(34-41)39-20-6-3-7-21-39)42-35-49(55-50(36-42)47-26-11-15-30-54(47)58-55)46-25-10-14-29-53(46)57-51-27-12-8-23-44(51)45-24-9-13-28-52(45)57/h2-36H,1H3. The van der Waals surface area contributed by atoms with Gasteiger partial charge in [-0.3, -0.25) is 0 Å². The van der Waals surface area contributed by atoms with Crippen LogP contribution in [0.15, 0.2) is 217 Å². The van der Waals surface area contributed by atoms with E-state index in [4.69, 9.17) is 4.42 Å². The smallest absolute Gasteiger partial charge is 0.143 e. The maximum absolute atomic E-state index is 6.86. The molecule has 0 spiro atoms. The normalized spacial score (nSPS) is 11.5. The number of furan rings is 1. The van der Waals surface area contributed by atoms with Crippen LogP contribution in [0.1, 0.15) is 5.56 Å². The highest BCUT2D eigenvalue weighted by atomic mass is 16.3. The molecule has 3 nitrogen and oxygen atoms in total. The highest BCUT2D eigenvalue weighted by molar-refractivity contribution is 6.14. The molecule has 0 aliphatic rings. The van der Waals surface area contributed by atoms with Crippen LogP contribution in [-0.2, 0) is 0 Å². The Labute approximate surface area is 337 Å². The fourth-order valence-corrected chi connectivity index (χ4v) is 8.83. The number of hydrogen-bond donors (Lipinski definition) is 0. The second kappa shape index (κ2) is 13.8. The molecule has 0 atom stereocenters. The van der Waals surface area contributed by atoms with E-state index in [1.165, 1.54) is 49.6 Å². The Balaban J connectivity index is 1.21. The number of rotatable bonds is 7. The van der Waals surface area contributed by atoms with Crippen molar-refractivity contribution in [2.75, 3.05) is 4.90 Å². The number of benzene rings is 9. The minimum atomic E-state index is 0.867. The zero-order valence-electron chi connectivity index (χ0n) is 32.0. The lowest BCUT2D eigenvalue weighted by molar-refractivity contribution is 0.670. The lowest BCUT2D eigenvalue weighted by Crippen LogP contribution is -2.11. The molecule has 0 radical (unpaired) electrons. The Morgan fingerprint density at radius 2 is 0.966 bits per heavy atom. The summed E-state index contributed by atoms with van der Waals surface area (Å²) in [5.74, 6) is 0. The molecule has 0 saturated carbocycles. The Morgan fingerprint density at radius 1 is 0.379 bits per heavy atom. The van der Waals surface area contributed by atoms with Gasteiger partial charge in [0.15, 0.2) is 0 Å². The topological polar surface area (TPSA) is 21.3 Å². The summed E-state index contributed by atoms with van der Waals surface area (Å²) in [6.45, 7) is 2.16. The molecule has 0 aliphatic heterocycles. The van der Waals surface area contributed by atoms with Crippen molar-refractivity contribution in [2.24, 2.45) is 0 Å². The molecule has 58 heavy (non-hydrogen) atoms. The zero-order chi connectivity index (χ0) is 38.6. The van der Waals surface area contributed by atoms with Crippen molar-refractivity contribution < 1.29 is 4.42 Å². The summed E-state index contributed by atoms with van der Waals surface area (Å²) in [5.41, 5.74) is 16.4. The largest absolute Gasteiger partial charge is 0.455 e. The number of hydrogen-bond acceptors (Lipinski definition) is 2. The summed E-state index contributed by atoms with van der Waals surface area (Å²) < 4.78 is 9.28. The summed E-state index contributed by atoms with van der Waals surface area (Å²) in [4.78, 5) is 2.40. The predicted octanol–water partition coefficient (Wildman–Crippen LogP) is 15.5. The van der Waals surface area contributed by atoms with Gasteiger partial charge in [-0.1, -0.05) is 152 Å². The number of anilines is 3. The first-order valence-electron chi connectivity index (χ1n) is 19.8. The molecule has 2 aromatic heterocycles. The second-order valence-electron chi connectivity index (χ2n) is 15.0. The van der Waals surface area contributed by atoms with Gasteiger partial charge in [-0.25, -0.2) is 0 Å². The van der Waals surface area contributed by atoms with Crippen molar-refractivity contribution in [3.63, 3.8) is 0 Å². The summed E-state index contributed by atoms with van der Waals surface area (Å²) in [5, 5.41) is 4.62. The highest BCUT2D eigenvalue weighted by Crippen LogP contribution is 2.47. The molecule has 0 saturated heterocycles. The molecule has 0 amide bonds. The fourth-order valence-electron chi connectivity index (χ4n) is 8.83. The lowest BCUT2D eigenvalue weighted by atomic mass is 9.93. The molecule has 0 aliphatic carbocycles. The molecule has 3 heteroatoms. The minimum absolute atomic E-state index is 0.867. The summed E-state index contributed by atoms with van der Waals surface area (Å²) in [6, 6.07) is 76.3. The molecule has 0 bridgehead atoms. The molecule has 9 aromatic carbocycles. The van der Waals surface area contributed by atoms with Gasteiger partial charge in [0.1, 0.15) is 11.2 Å². The van der Waals surface area contributed by atoms with Crippen LogP contribution in [0, 0.1) is 6.92 Å². The van der Waals surface area contributed by atoms with Crippen molar-refractivity contribution in [2.45, 2.75) is 6.92 Å². The van der Waals surface area contributed by atoms with Crippen LogP contribution < -0.4 is 4.90 Å². The first-order chi connectivity index (χ1) is 28.7. The predicted molar refractivity (Wildman–Crippen MR) is 244 cm³/mol. The van der Waals surface area contributed by atoms with Crippen LogP contribution >= 0.6 is 0 Å². The molecule has 0 fully saturated rings. The van der Waals surface area contributed by atoms with Crippen molar-refractivity contribution in [1.82, 2.24) is 4.57 Å². The monoisotopic (exact) mass is 742 g/mol. The van der Waals surface area contributed by atoms with Gasteiger partial charge in [-0.05, 0) is 95.4 Å². The van der Waals surface area contributed by atoms with Crippen molar-refractivity contribution in [1.29, 1.82) is 0 Å². The SMILES string of the molecule is Cc1cccc(N(c2ccc(-c3ccccc3)c(-c3ccccc3)c2)c2cc(-c3ccccc3-n3c4ccccc4c4ccccc43)c3oc4ccccc4c3c2)c1. The van der Waals surface area contributed by atoms with E-state index in [0.29, 0.717) is 0 Å². The molecular formula is C55H38N2O. The summed E-state index contributed by atoms with van der Waals surface area (Å²) in [6.07, 6.45) is 0. The van der Waals surface area contributed by atoms with E-state index in [9.17, 15) is 0 Å². The van der Waals surface area contributed by atoms with Gasteiger partial charge in [-0.15, -0.1) is 0 Å². The lowest BCUT2D eigenvalue weighted by Gasteiger charge is -2.28. The quantitative estimate of drug-likeness (QED) is 0.162. The third-order valence-electron chi connectivity index (χ3n) is 11.4. The van der Waals surface area contributed by atoms with E-state index < -0.39 is 0 Å². The van der Waals surface area contributed by atoms with E-state index in [1.54, 1.807) is 0 Å². The molecule has 0 N–H and O–H groups in total. The second-order valence-corrected chi connectivity index (χ2v) is 15.0. The van der Waals surface area contributed by atoms with Crippen molar-refractivity contribution in [3.05, 3.63) is 218 Å². The van der Waals surface area contributed by atoms with Crippen LogP contribution in [0.25, 0.3) is 82.8 Å². The summed E-state index contributed by atoms with van der Waals surface area (Å²) in [7, 11) is 0. The van der Waals surface area contributed by atoms with Crippen molar-refractivity contribution in [3.8, 4) is 39.1 Å². The molecular weight excluding hydrogens is 705 g/mol. The zero-order valence-corrected chi connectivity index (χ0v) is 32.0. The van der Waals surface area contributed by atoms with Crippen LogP contribution in [0.4, 0.5) is 17.1 Å². The molecule has 0 unspecified atom stereocenters.